The lowest BCUT2D eigenvalue weighted by atomic mass is 10.4. The molecule has 0 aliphatic carbocycles. The average Bonchev–Trinajstić information content (AvgIpc) is 1.61. The minimum Gasteiger partial charge on any atom is -0.387 e. The highest BCUT2D eigenvalue weighted by atomic mass is 14.7. The molecule has 2 heteroatoms. The van der Waals surface area contributed by atoms with Gasteiger partial charge in [0, 0.05) is 6.42 Å². The monoisotopic (exact) mass is 98.1 g/mol. The Bertz CT molecular complexity index is 84.1. The number of hydrogen-bond donors (Lipinski definition) is 2. The molecule has 0 aromatic carbocycles. The van der Waals surface area contributed by atoms with Crippen LogP contribution in [0.4, 0.5) is 0 Å². The van der Waals surface area contributed by atoms with Crippen molar-refractivity contribution in [1.29, 1.82) is 5.41 Å². The van der Waals surface area contributed by atoms with Crippen molar-refractivity contribution in [2.45, 2.75) is 13.3 Å². The van der Waals surface area contributed by atoms with Crippen LogP contribution in [0, 0.1) is 5.41 Å². The van der Waals surface area contributed by atoms with Crippen molar-refractivity contribution < 1.29 is 0 Å². The van der Waals surface area contributed by atoms with Crippen LogP contribution in [-0.2, 0) is 0 Å². The van der Waals surface area contributed by atoms with E-state index in [1.807, 2.05) is 19.1 Å². The van der Waals surface area contributed by atoms with Crippen LogP contribution < -0.4 is 5.73 Å². The first-order chi connectivity index (χ1) is 3.27. The predicted molar refractivity (Wildman–Crippen MR) is 31.3 cm³/mol. The lowest BCUT2D eigenvalue weighted by Gasteiger charge is -1.83. The molecule has 0 aliphatic heterocycles. The lowest BCUT2D eigenvalue weighted by Crippen LogP contribution is -2.06. The number of amidine groups is 1. The van der Waals surface area contributed by atoms with Crippen LogP contribution >= 0.6 is 0 Å². The summed E-state index contributed by atoms with van der Waals surface area (Å²) < 4.78 is 0. The number of allylic oxidation sites excluding steroid dienone is 1. The van der Waals surface area contributed by atoms with Gasteiger partial charge in [-0.2, -0.15) is 0 Å². The van der Waals surface area contributed by atoms with Gasteiger partial charge in [-0.05, 0) is 6.92 Å². The van der Waals surface area contributed by atoms with Crippen LogP contribution in [0.2, 0.25) is 0 Å². The number of rotatable bonds is 2. The molecular formula is C5H10N2. The zero-order chi connectivity index (χ0) is 5.70. The van der Waals surface area contributed by atoms with Crippen LogP contribution in [0.25, 0.3) is 0 Å². The summed E-state index contributed by atoms with van der Waals surface area (Å²) in [4.78, 5) is 0. The third-order valence-corrected chi connectivity index (χ3v) is 0.573. The van der Waals surface area contributed by atoms with Gasteiger partial charge in [-0.3, -0.25) is 5.41 Å². The molecule has 3 N–H and O–H groups in total. The highest BCUT2D eigenvalue weighted by Gasteiger charge is 1.76. The third kappa shape index (κ3) is 5.21. The Morgan fingerprint density at radius 1 is 1.86 bits per heavy atom. The van der Waals surface area contributed by atoms with Gasteiger partial charge < -0.3 is 5.73 Å². The highest BCUT2D eigenvalue weighted by molar-refractivity contribution is 5.78. The fourth-order valence-electron chi connectivity index (χ4n) is 0.245. The zero-order valence-corrected chi connectivity index (χ0v) is 4.44. The average molecular weight is 98.1 g/mol. The van der Waals surface area contributed by atoms with Gasteiger partial charge in [-0.15, -0.1) is 0 Å². The maximum atomic E-state index is 6.72. The molecule has 7 heavy (non-hydrogen) atoms. The summed E-state index contributed by atoms with van der Waals surface area (Å²) in [5.74, 6) is 0.220. The quantitative estimate of drug-likeness (QED) is 0.301. The summed E-state index contributed by atoms with van der Waals surface area (Å²) in [7, 11) is 0. The normalized spacial score (nSPS) is 9.86. The standard InChI is InChI=1S/C5H10N2/c1-2-3-4-5(6)7/h2-3H,4H2,1H3,(H3,6,7)/b3-2+. The first kappa shape index (κ1) is 6.21. The molecule has 0 spiro atoms. The van der Waals surface area contributed by atoms with Crippen molar-refractivity contribution >= 4 is 5.84 Å². The van der Waals surface area contributed by atoms with E-state index < -0.39 is 0 Å². The van der Waals surface area contributed by atoms with Crippen LogP contribution in [0.5, 0.6) is 0 Å². The topological polar surface area (TPSA) is 49.9 Å². The molecule has 0 atom stereocenters. The molecule has 0 aromatic heterocycles. The molecule has 0 amide bonds. The van der Waals surface area contributed by atoms with Crippen LogP contribution in [-0.4, -0.2) is 5.84 Å². The molecule has 40 valence electrons. The Labute approximate surface area is 43.5 Å². The third-order valence-electron chi connectivity index (χ3n) is 0.573. The first-order valence-electron chi connectivity index (χ1n) is 2.21. The van der Waals surface area contributed by atoms with Gasteiger partial charge in [0.05, 0.1) is 5.84 Å². The number of hydrogen-bond acceptors (Lipinski definition) is 1. The van der Waals surface area contributed by atoms with Gasteiger partial charge in [0.1, 0.15) is 0 Å². The number of nitrogens with two attached hydrogens (primary N) is 1. The van der Waals surface area contributed by atoms with Crippen molar-refractivity contribution in [3.05, 3.63) is 12.2 Å². The smallest absolute Gasteiger partial charge is 0.0943 e. The first-order valence-corrected chi connectivity index (χ1v) is 2.21. The molecule has 2 nitrogen and oxygen atoms in total. The molecular weight excluding hydrogens is 88.1 g/mol. The molecule has 0 aromatic rings. The van der Waals surface area contributed by atoms with E-state index in [4.69, 9.17) is 11.1 Å². The Morgan fingerprint density at radius 2 is 2.43 bits per heavy atom. The maximum absolute atomic E-state index is 6.72. The van der Waals surface area contributed by atoms with E-state index in [-0.39, 0.29) is 5.84 Å². The minimum absolute atomic E-state index is 0.220. The van der Waals surface area contributed by atoms with Crippen LogP contribution in [0.15, 0.2) is 12.2 Å². The molecule has 0 bridgehead atoms. The van der Waals surface area contributed by atoms with E-state index in [1.54, 1.807) is 0 Å². The SMILES string of the molecule is C/C=C/CC(=N)N. The summed E-state index contributed by atoms with van der Waals surface area (Å²) >= 11 is 0. The zero-order valence-electron chi connectivity index (χ0n) is 4.44. The van der Waals surface area contributed by atoms with E-state index in [0.29, 0.717) is 6.42 Å². The molecule has 0 saturated carbocycles. The highest BCUT2D eigenvalue weighted by Crippen LogP contribution is 1.77. The van der Waals surface area contributed by atoms with E-state index in [1.165, 1.54) is 0 Å². The number of nitrogens with one attached hydrogen (secondary N) is 1. The largest absolute Gasteiger partial charge is 0.387 e. The van der Waals surface area contributed by atoms with E-state index in [0.717, 1.165) is 0 Å². The molecule has 0 rings (SSSR count). The Hall–Kier alpha value is -0.790. The second-order valence-corrected chi connectivity index (χ2v) is 1.30. The van der Waals surface area contributed by atoms with Crippen molar-refractivity contribution in [3.63, 3.8) is 0 Å². The van der Waals surface area contributed by atoms with E-state index >= 15 is 0 Å². The van der Waals surface area contributed by atoms with Crippen LogP contribution in [0.3, 0.4) is 0 Å². The van der Waals surface area contributed by atoms with E-state index in [2.05, 4.69) is 0 Å². The molecule has 0 aliphatic rings. The molecule has 0 radical (unpaired) electrons. The Balaban J connectivity index is 3.14. The van der Waals surface area contributed by atoms with E-state index in [9.17, 15) is 0 Å². The Kier molecular flexibility index (Phi) is 3.02. The van der Waals surface area contributed by atoms with Crippen molar-refractivity contribution in [3.8, 4) is 0 Å². The molecule has 0 fully saturated rings. The summed E-state index contributed by atoms with van der Waals surface area (Å²) in [6, 6.07) is 0. The minimum atomic E-state index is 0.220. The van der Waals surface area contributed by atoms with Gasteiger partial charge in [-0.1, -0.05) is 12.2 Å². The predicted octanol–water partition coefficient (Wildman–Crippen LogP) is 0.889. The van der Waals surface area contributed by atoms with Gasteiger partial charge in [0.25, 0.3) is 0 Å². The summed E-state index contributed by atoms with van der Waals surface area (Å²) in [5, 5.41) is 6.72. The fourth-order valence-corrected chi connectivity index (χ4v) is 0.245. The summed E-state index contributed by atoms with van der Waals surface area (Å²) in [6.45, 7) is 1.91. The molecule has 0 saturated heterocycles. The van der Waals surface area contributed by atoms with Crippen LogP contribution in [0.1, 0.15) is 13.3 Å². The molecule has 0 heterocycles. The van der Waals surface area contributed by atoms with Crippen molar-refractivity contribution in [2.75, 3.05) is 0 Å². The van der Waals surface area contributed by atoms with Gasteiger partial charge in [-0.25, -0.2) is 0 Å². The summed E-state index contributed by atoms with van der Waals surface area (Å²) in [5.41, 5.74) is 5.01. The fraction of sp³-hybridized carbons (Fsp3) is 0.400. The van der Waals surface area contributed by atoms with Gasteiger partial charge in [0.15, 0.2) is 0 Å². The second kappa shape index (κ2) is 3.40. The summed E-state index contributed by atoms with van der Waals surface area (Å²) in [6.07, 6.45) is 4.31. The Morgan fingerprint density at radius 3 is 2.57 bits per heavy atom. The molecule has 0 unspecified atom stereocenters. The lowest BCUT2D eigenvalue weighted by molar-refractivity contribution is 1.31. The van der Waals surface area contributed by atoms with Gasteiger partial charge >= 0.3 is 0 Å². The van der Waals surface area contributed by atoms with Crippen molar-refractivity contribution in [2.24, 2.45) is 5.73 Å². The second-order valence-electron chi connectivity index (χ2n) is 1.30. The van der Waals surface area contributed by atoms with Gasteiger partial charge in [0.2, 0.25) is 0 Å². The maximum Gasteiger partial charge on any atom is 0.0943 e. The van der Waals surface area contributed by atoms with Crippen molar-refractivity contribution in [1.82, 2.24) is 0 Å².